The second-order valence-electron chi connectivity index (χ2n) is 7.12. The molecule has 4 rings (SSSR count). The third kappa shape index (κ3) is 5.11. The number of furan rings is 1. The van der Waals surface area contributed by atoms with Gasteiger partial charge in [0.05, 0.1) is 29.9 Å². The van der Waals surface area contributed by atoms with Crippen LogP contribution in [-0.4, -0.2) is 50.8 Å². The number of halogens is 1. The Bertz CT molecular complexity index is 1250. The molecule has 2 amide bonds. The number of carbonyl (C=O) groups excluding carboxylic acids is 2. The van der Waals surface area contributed by atoms with Crippen LogP contribution in [0.2, 0.25) is 0 Å². The van der Waals surface area contributed by atoms with Crippen LogP contribution in [0.5, 0.6) is 0 Å². The Balaban J connectivity index is 1.47. The lowest BCUT2D eigenvalue weighted by Gasteiger charge is -2.26. The van der Waals surface area contributed by atoms with Crippen LogP contribution in [-0.2, 0) is 14.8 Å². The summed E-state index contributed by atoms with van der Waals surface area (Å²) in [7, 11) is -3.88. The highest BCUT2D eigenvalue weighted by Gasteiger charge is 2.28. The number of sulfonamides is 1. The molecule has 1 fully saturated rings. The zero-order valence-electron chi connectivity index (χ0n) is 17.3. The van der Waals surface area contributed by atoms with Crippen molar-refractivity contribution in [3.63, 3.8) is 0 Å². The quantitative estimate of drug-likeness (QED) is 0.568. The van der Waals surface area contributed by atoms with E-state index in [2.05, 4.69) is 10.6 Å². The number of hydrogen-bond acceptors (Lipinski definition) is 6. The SMILES string of the molecule is O=C(Nc1ccc(NC(=O)c2cc(S(=O)(=O)N3CCOCC3)ccc2F)cc1)c1ccco1. The molecule has 2 N–H and O–H groups in total. The molecule has 0 spiro atoms. The molecule has 1 aliphatic heterocycles. The molecular weight excluding hydrogens is 453 g/mol. The Morgan fingerprint density at radius 2 is 1.55 bits per heavy atom. The minimum absolute atomic E-state index is 0.148. The highest BCUT2D eigenvalue weighted by atomic mass is 32.2. The summed E-state index contributed by atoms with van der Waals surface area (Å²) >= 11 is 0. The van der Waals surface area contributed by atoms with Crippen molar-refractivity contribution in [1.29, 1.82) is 0 Å². The van der Waals surface area contributed by atoms with Crippen LogP contribution in [0.25, 0.3) is 0 Å². The molecule has 0 unspecified atom stereocenters. The van der Waals surface area contributed by atoms with E-state index in [0.29, 0.717) is 11.4 Å². The molecule has 0 atom stereocenters. The molecule has 172 valence electrons. The topological polar surface area (TPSA) is 118 Å². The smallest absolute Gasteiger partial charge is 0.291 e. The van der Waals surface area contributed by atoms with Gasteiger partial charge in [0.25, 0.3) is 11.8 Å². The van der Waals surface area contributed by atoms with Crippen LogP contribution in [0.15, 0.2) is 70.2 Å². The van der Waals surface area contributed by atoms with Crippen LogP contribution >= 0.6 is 0 Å². The van der Waals surface area contributed by atoms with Crippen LogP contribution < -0.4 is 10.6 Å². The van der Waals surface area contributed by atoms with E-state index in [1.165, 1.54) is 28.8 Å². The Hall–Kier alpha value is -3.54. The molecule has 33 heavy (non-hydrogen) atoms. The maximum atomic E-state index is 14.3. The highest BCUT2D eigenvalue weighted by molar-refractivity contribution is 7.89. The van der Waals surface area contributed by atoms with Crippen LogP contribution in [0.1, 0.15) is 20.9 Å². The number of hydrogen-bond donors (Lipinski definition) is 2. The third-order valence-corrected chi connectivity index (χ3v) is 6.83. The number of ether oxygens (including phenoxy) is 1. The standard InChI is InChI=1S/C22H20FN3O6S/c23-19-8-7-17(33(29,30)26-9-12-31-13-10-26)14-18(19)21(27)24-15-3-5-16(6-4-15)25-22(28)20-2-1-11-32-20/h1-8,11,14H,9-10,12-13H2,(H,24,27)(H,25,28). The minimum atomic E-state index is -3.88. The molecule has 1 aromatic heterocycles. The first-order chi connectivity index (χ1) is 15.8. The lowest BCUT2D eigenvalue weighted by Crippen LogP contribution is -2.40. The first-order valence-electron chi connectivity index (χ1n) is 9.98. The molecule has 0 saturated carbocycles. The molecule has 0 bridgehead atoms. The summed E-state index contributed by atoms with van der Waals surface area (Å²) in [5.74, 6) is -1.94. The summed E-state index contributed by atoms with van der Waals surface area (Å²) in [6, 6.07) is 12.3. The first kappa shape index (κ1) is 22.6. The summed E-state index contributed by atoms with van der Waals surface area (Å²) in [4.78, 5) is 24.5. The summed E-state index contributed by atoms with van der Waals surface area (Å²) in [5.41, 5.74) is 0.385. The van der Waals surface area contributed by atoms with Gasteiger partial charge in [0.1, 0.15) is 5.82 Å². The van der Waals surface area contributed by atoms with Gasteiger partial charge in [-0.15, -0.1) is 0 Å². The molecule has 0 radical (unpaired) electrons. The zero-order valence-corrected chi connectivity index (χ0v) is 18.1. The fourth-order valence-electron chi connectivity index (χ4n) is 3.21. The normalized spacial score (nSPS) is 14.6. The number of rotatable bonds is 6. The predicted molar refractivity (Wildman–Crippen MR) is 117 cm³/mol. The van der Waals surface area contributed by atoms with E-state index >= 15 is 0 Å². The van der Waals surface area contributed by atoms with Gasteiger partial charge in [0.2, 0.25) is 10.0 Å². The molecule has 3 aromatic rings. The molecule has 2 aromatic carbocycles. The van der Waals surface area contributed by atoms with E-state index in [4.69, 9.17) is 9.15 Å². The number of benzene rings is 2. The van der Waals surface area contributed by atoms with Crippen molar-refractivity contribution in [2.45, 2.75) is 4.90 Å². The maximum absolute atomic E-state index is 14.3. The van der Waals surface area contributed by atoms with Crippen LogP contribution in [0.4, 0.5) is 15.8 Å². The van der Waals surface area contributed by atoms with E-state index in [0.717, 1.165) is 18.2 Å². The molecule has 1 aliphatic rings. The second kappa shape index (κ2) is 9.53. The number of nitrogens with zero attached hydrogens (tertiary/aromatic N) is 1. The Morgan fingerprint density at radius 1 is 0.909 bits per heavy atom. The molecule has 11 heteroatoms. The Morgan fingerprint density at radius 3 is 2.15 bits per heavy atom. The fourth-order valence-corrected chi connectivity index (χ4v) is 4.65. The monoisotopic (exact) mass is 473 g/mol. The van der Waals surface area contributed by atoms with Gasteiger partial charge in [0, 0.05) is 24.5 Å². The summed E-state index contributed by atoms with van der Waals surface area (Å²) in [5, 5.41) is 5.16. The van der Waals surface area contributed by atoms with Crippen LogP contribution in [0, 0.1) is 5.82 Å². The molecule has 0 aliphatic carbocycles. The van der Waals surface area contributed by atoms with Gasteiger partial charge in [0.15, 0.2) is 5.76 Å². The largest absolute Gasteiger partial charge is 0.459 e. The zero-order chi connectivity index (χ0) is 23.4. The fraction of sp³-hybridized carbons (Fsp3) is 0.182. The number of anilines is 2. The Labute approximate surface area is 189 Å². The molecule has 1 saturated heterocycles. The van der Waals surface area contributed by atoms with E-state index in [1.807, 2.05) is 0 Å². The lowest BCUT2D eigenvalue weighted by molar-refractivity contribution is 0.0730. The number of carbonyl (C=O) groups is 2. The van der Waals surface area contributed by atoms with Gasteiger partial charge in [-0.3, -0.25) is 9.59 Å². The summed E-state index contributed by atoms with van der Waals surface area (Å²) in [6.45, 7) is 0.908. The van der Waals surface area contributed by atoms with Gasteiger partial charge >= 0.3 is 0 Å². The van der Waals surface area contributed by atoms with E-state index in [1.54, 1.807) is 18.2 Å². The van der Waals surface area contributed by atoms with E-state index in [-0.39, 0.29) is 37.0 Å². The van der Waals surface area contributed by atoms with Gasteiger partial charge in [-0.2, -0.15) is 4.31 Å². The van der Waals surface area contributed by atoms with Gasteiger partial charge in [-0.05, 0) is 54.6 Å². The number of nitrogens with one attached hydrogen (secondary N) is 2. The van der Waals surface area contributed by atoms with Crippen molar-refractivity contribution in [3.05, 3.63) is 78.0 Å². The average molecular weight is 473 g/mol. The Kier molecular flexibility index (Phi) is 6.54. The average Bonchev–Trinajstić information content (AvgIpc) is 3.36. The maximum Gasteiger partial charge on any atom is 0.291 e. The van der Waals surface area contributed by atoms with E-state index < -0.39 is 33.2 Å². The van der Waals surface area contributed by atoms with Crippen molar-refractivity contribution >= 4 is 33.2 Å². The number of amides is 2. The first-order valence-corrected chi connectivity index (χ1v) is 11.4. The van der Waals surface area contributed by atoms with Gasteiger partial charge < -0.3 is 19.8 Å². The highest BCUT2D eigenvalue weighted by Crippen LogP contribution is 2.22. The van der Waals surface area contributed by atoms with Gasteiger partial charge in [-0.1, -0.05) is 0 Å². The molecule has 2 heterocycles. The van der Waals surface area contributed by atoms with Crippen molar-refractivity contribution < 1.29 is 31.6 Å². The molecular formula is C22H20FN3O6S. The summed E-state index contributed by atoms with van der Waals surface area (Å²) in [6.07, 6.45) is 1.38. The summed E-state index contributed by atoms with van der Waals surface area (Å²) < 4.78 is 51.4. The van der Waals surface area contributed by atoms with Crippen LogP contribution in [0.3, 0.4) is 0 Å². The predicted octanol–water partition coefficient (Wildman–Crippen LogP) is 2.94. The molecule has 9 nitrogen and oxygen atoms in total. The van der Waals surface area contributed by atoms with E-state index in [9.17, 15) is 22.4 Å². The van der Waals surface area contributed by atoms with Crippen molar-refractivity contribution in [2.75, 3.05) is 36.9 Å². The number of morpholine rings is 1. The third-order valence-electron chi connectivity index (χ3n) is 4.94. The lowest BCUT2D eigenvalue weighted by atomic mass is 10.2. The minimum Gasteiger partial charge on any atom is -0.459 e. The van der Waals surface area contributed by atoms with Crippen molar-refractivity contribution in [2.24, 2.45) is 0 Å². The van der Waals surface area contributed by atoms with Crippen molar-refractivity contribution in [3.8, 4) is 0 Å². The van der Waals surface area contributed by atoms with Crippen molar-refractivity contribution in [1.82, 2.24) is 4.31 Å². The second-order valence-corrected chi connectivity index (χ2v) is 9.06. The van der Waals surface area contributed by atoms with Gasteiger partial charge in [-0.25, -0.2) is 12.8 Å².